The molecule has 5 nitrogen and oxygen atoms in total. The molecular formula is C18H33IN4O. The largest absolute Gasteiger partial charge is 0.468 e. The van der Waals surface area contributed by atoms with Crippen molar-refractivity contribution < 1.29 is 4.42 Å². The number of hydrogen-bond donors (Lipinski definition) is 2. The number of halogens is 1. The van der Waals surface area contributed by atoms with E-state index in [0.29, 0.717) is 0 Å². The number of hydrogen-bond acceptors (Lipinski definition) is 3. The molecule has 1 aromatic heterocycles. The summed E-state index contributed by atoms with van der Waals surface area (Å²) in [6.07, 6.45) is 8.00. The summed E-state index contributed by atoms with van der Waals surface area (Å²) in [6, 6.07) is 4.29. The Hall–Kier alpha value is -0.760. The highest BCUT2D eigenvalue weighted by molar-refractivity contribution is 14.0. The van der Waals surface area contributed by atoms with Crippen LogP contribution in [0, 0.1) is 0 Å². The van der Waals surface area contributed by atoms with E-state index in [1.54, 1.807) is 6.26 Å². The molecule has 1 atom stereocenters. The molecule has 0 aromatic carbocycles. The summed E-state index contributed by atoms with van der Waals surface area (Å²) in [5.74, 6) is 1.94. The van der Waals surface area contributed by atoms with Crippen molar-refractivity contribution in [1.29, 1.82) is 0 Å². The number of aliphatic imine (C=N–C) groups is 1. The quantitative estimate of drug-likeness (QED) is 0.261. The van der Waals surface area contributed by atoms with E-state index in [4.69, 9.17) is 9.41 Å². The first-order chi connectivity index (χ1) is 11.3. The van der Waals surface area contributed by atoms with Gasteiger partial charge in [-0.2, -0.15) is 0 Å². The molecule has 1 fully saturated rings. The smallest absolute Gasteiger partial charge is 0.191 e. The third-order valence-electron chi connectivity index (χ3n) is 4.29. The first-order valence-corrected chi connectivity index (χ1v) is 9.14. The van der Waals surface area contributed by atoms with Gasteiger partial charge in [0.25, 0.3) is 0 Å². The van der Waals surface area contributed by atoms with Gasteiger partial charge in [0.2, 0.25) is 0 Å². The van der Waals surface area contributed by atoms with Crippen molar-refractivity contribution in [2.75, 3.05) is 32.7 Å². The van der Waals surface area contributed by atoms with Crippen LogP contribution >= 0.6 is 24.0 Å². The maximum absolute atomic E-state index is 5.66. The van der Waals surface area contributed by atoms with Gasteiger partial charge in [0.15, 0.2) is 5.96 Å². The standard InChI is InChI=1S/C18H32N4O.HI/c1-3-5-6-11-20-18(19-4-2)21-15-16(17-10-9-14-23-17)22-12-7-8-13-22;/h9-10,14,16H,3-8,11-13,15H2,1-2H3,(H2,19,20,21);1H. The minimum atomic E-state index is 0. The van der Waals surface area contributed by atoms with Gasteiger partial charge in [-0.3, -0.25) is 9.89 Å². The Morgan fingerprint density at radius 3 is 2.67 bits per heavy atom. The van der Waals surface area contributed by atoms with Gasteiger partial charge in [-0.15, -0.1) is 24.0 Å². The summed E-state index contributed by atoms with van der Waals surface area (Å²) >= 11 is 0. The lowest BCUT2D eigenvalue weighted by Gasteiger charge is -2.24. The van der Waals surface area contributed by atoms with Crippen LogP contribution in [-0.2, 0) is 0 Å². The zero-order valence-corrected chi connectivity index (χ0v) is 17.4. The van der Waals surface area contributed by atoms with E-state index in [0.717, 1.165) is 44.4 Å². The molecule has 1 aliphatic heterocycles. The minimum absolute atomic E-state index is 0. The number of nitrogens with zero attached hydrogens (tertiary/aromatic N) is 2. The predicted octanol–water partition coefficient (Wildman–Crippen LogP) is 3.78. The molecule has 2 heterocycles. The molecule has 1 saturated heterocycles. The summed E-state index contributed by atoms with van der Waals surface area (Å²) < 4.78 is 5.66. The van der Waals surface area contributed by atoms with Gasteiger partial charge < -0.3 is 15.1 Å². The van der Waals surface area contributed by atoms with Crippen LogP contribution in [0.2, 0.25) is 0 Å². The maximum Gasteiger partial charge on any atom is 0.191 e. The van der Waals surface area contributed by atoms with E-state index in [2.05, 4.69) is 35.4 Å². The molecular weight excluding hydrogens is 415 g/mol. The molecule has 6 heteroatoms. The van der Waals surface area contributed by atoms with E-state index < -0.39 is 0 Å². The summed E-state index contributed by atoms with van der Waals surface area (Å²) in [6.45, 7) is 9.21. The summed E-state index contributed by atoms with van der Waals surface area (Å²) in [4.78, 5) is 7.29. The fourth-order valence-corrected chi connectivity index (χ4v) is 3.02. The van der Waals surface area contributed by atoms with E-state index >= 15 is 0 Å². The number of rotatable bonds is 9. The van der Waals surface area contributed by atoms with Gasteiger partial charge in [0.1, 0.15) is 5.76 Å². The van der Waals surface area contributed by atoms with E-state index in [1.165, 1.54) is 32.1 Å². The van der Waals surface area contributed by atoms with Gasteiger partial charge in [0.05, 0.1) is 18.8 Å². The van der Waals surface area contributed by atoms with Crippen LogP contribution in [0.1, 0.15) is 57.8 Å². The van der Waals surface area contributed by atoms with Crippen LogP contribution in [-0.4, -0.2) is 43.6 Å². The lowest BCUT2D eigenvalue weighted by molar-refractivity contribution is 0.221. The number of unbranched alkanes of at least 4 members (excludes halogenated alkanes) is 2. The van der Waals surface area contributed by atoms with Crippen molar-refractivity contribution >= 4 is 29.9 Å². The van der Waals surface area contributed by atoms with Crippen molar-refractivity contribution in [2.45, 2.75) is 52.0 Å². The average molecular weight is 448 g/mol. The van der Waals surface area contributed by atoms with E-state index in [1.807, 2.05) is 6.07 Å². The normalized spacial score (nSPS) is 16.7. The molecule has 2 N–H and O–H groups in total. The molecule has 2 rings (SSSR count). The molecule has 1 unspecified atom stereocenters. The second-order valence-electron chi connectivity index (χ2n) is 6.13. The van der Waals surface area contributed by atoms with Crippen molar-refractivity contribution in [3.63, 3.8) is 0 Å². The molecule has 138 valence electrons. The monoisotopic (exact) mass is 448 g/mol. The van der Waals surface area contributed by atoms with Crippen LogP contribution in [0.25, 0.3) is 0 Å². The van der Waals surface area contributed by atoms with Gasteiger partial charge >= 0.3 is 0 Å². The van der Waals surface area contributed by atoms with E-state index in [9.17, 15) is 0 Å². The van der Waals surface area contributed by atoms with Crippen LogP contribution < -0.4 is 10.6 Å². The fourth-order valence-electron chi connectivity index (χ4n) is 3.02. The molecule has 1 aromatic rings. The Bertz CT molecular complexity index is 444. The number of likely N-dealkylation sites (tertiary alicyclic amines) is 1. The first-order valence-electron chi connectivity index (χ1n) is 9.14. The summed E-state index contributed by atoms with van der Waals surface area (Å²) in [7, 11) is 0. The second-order valence-corrected chi connectivity index (χ2v) is 6.13. The van der Waals surface area contributed by atoms with Crippen molar-refractivity contribution in [3.05, 3.63) is 24.2 Å². The molecule has 1 aliphatic rings. The van der Waals surface area contributed by atoms with Gasteiger partial charge in [-0.1, -0.05) is 19.8 Å². The van der Waals surface area contributed by atoms with E-state index in [-0.39, 0.29) is 30.0 Å². The van der Waals surface area contributed by atoms with Crippen LogP contribution in [0.15, 0.2) is 27.8 Å². The van der Waals surface area contributed by atoms with Crippen molar-refractivity contribution in [1.82, 2.24) is 15.5 Å². The molecule has 24 heavy (non-hydrogen) atoms. The highest BCUT2D eigenvalue weighted by Gasteiger charge is 2.25. The third kappa shape index (κ3) is 7.01. The molecule has 0 saturated carbocycles. The Morgan fingerprint density at radius 2 is 2.04 bits per heavy atom. The molecule has 0 spiro atoms. The van der Waals surface area contributed by atoms with Crippen molar-refractivity contribution in [3.8, 4) is 0 Å². The number of nitrogens with one attached hydrogen (secondary N) is 2. The van der Waals surface area contributed by atoms with Gasteiger partial charge in [-0.05, 0) is 51.4 Å². The Balaban J connectivity index is 0.00000288. The van der Waals surface area contributed by atoms with Crippen LogP contribution in [0.3, 0.4) is 0 Å². The molecule has 0 amide bonds. The number of furan rings is 1. The molecule has 0 aliphatic carbocycles. The fraction of sp³-hybridized carbons (Fsp3) is 0.722. The lowest BCUT2D eigenvalue weighted by atomic mass is 10.2. The van der Waals surface area contributed by atoms with Gasteiger partial charge in [0, 0.05) is 13.1 Å². The first kappa shape index (κ1) is 21.3. The zero-order valence-electron chi connectivity index (χ0n) is 15.1. The average Bonchev–Trinajstić information content (AvgIpc) is 3.25. The summed E-state index contributed by atoms with van der Waals surface area (Å²) in [5.41, 5.74) is 0. The van der Waals surface area contributed by atoms with Gasteiger partial charge in [-0.25, -0.2) is 0 Å². The topological polar surface area (TPSA) is 52.8 Å². The van der Waals surface area contributed by atoms with Crippen LogP contribution in [0.5, 0.6) is 0 Å². The SMILES string of the molecule is CCCCCNC(=NCC(c1ccco1)N1CCCC1)NCC.I. The molecule has 0 radical (unpaired) electrons. The minimum Gasteiger partial charge on any atom is -0.468 e. The third-order valence-corrected chi connectivity index (χ3v) is 4.29. The second kappa shape index (κ2) is 12.6. The Morgan fingerprint density at radius 1 is 1.25 bits per heavy atom. The Labute approximate surface area is 163 Å². The zero-order chi connectivity index (χ0) is 16.3. The predicted molar refractivity (Wildman–Crippen MR) is 111 cm³/mol. The maximum atomic E-state index is 5.66. The van der Waals surface area contributed by atoms with Crippen molar-refractivity contribution in [2.24, 2.45) is 4.99 Å². The lowest BCUT2D eigenvalue weighted by Crippen LogP contribution is -2.38. The molecule has 0 bridgehead atoms. The summed E-state index contributed by atoms with van der Waals surface area (Å²) in [5, 5.41) is 6.78. The Kier molecular flexibility index (Phi) is 11.2. The highest BCUT2D eigenvalue weighted by Crippen LogP contribution is 2.25. The number of guanidine groups is 1. The highest BCUT2D eigenvalue weighted by atomic mass is 127. The van der Waals surface area contributed by atoms with Crippen LogP contribution in [0.4, 0.5) is 0 Å².